The van der Waals surface area contributed by atoms with Crippen molar-refractivity contribution in [2.24, 2.45) is 0 Å². The largest absolute Gasteiger partial charge is 0.296 e. The van der Waals surface area contributed by atoms with E-state index in [1.807, 2.05) is 19.1 Å². The zero-order valence-corrected chi connectivity index (χ0v) is 10.7. The van der Waals surface area contributed by atoms with Crippen LogP contribution in [-0.2, 0) is 5.41 Å². The van der Waals surface area contributed by atoms with Gasteiger partial charge in [0.1, 0.15) is 5.69 Å². The van der Waals surface area contributed by atoms with Gasteiger partial charge < -0.3 is 0 Å². The van der Waals surface area contributed by atoms with Gasteiger partial charge in [-0.15, -0.1) is 0 Å². The fourth-order valence-corrected chi connectivity index (χ4v) is 1.95. The van der Waals surface area contributed by atoms with E-state index in [9.17, 15) is 4.79 Å². The predicted molar refractivity (Wildman–Crippen MR) is 70.6 cm³/mol. The summed E-state index contributed by atoms with van der Waals surface area (Å²) in [7, 11) is 0. The van der Waals surface area contributed by atoms with E-state index in [4.69, 9.17) is 0 Å². The number of benzene rings is 1. The molecule has 0 unspecified atom stereocenters. The predicted octanol–water partition coefficient (Wildman–Crippen LogP) is 3.65. The lowest BCUT2D eigenvalue weighted by atomic mass is 9.86. The maximum atomic E-state index is 10.8. The number of aldehydes is 1. The van der Waals surface area contributed by atoms with Crippen molar-refractivity contribution < 1.29 is 4.79 Å². The number of fused-ring (bicyclic) bond motifs is 1. The molecule has 0 aliphatic carbocycles. The molecule has 0 saturated carbocycles. The van der Waals surface area contributed by atoms with E-state index in [1.54, 1.807) is 0 Å². The van der Waals surface area contributed by atoms with E-state index < -0.39 is 0 Å². The van der Waals surface area contributed by atoms with Crippen LogP contribution in [0.2, 0.25) is 0 Å². The Bertz CT molecular complexity index is 579. The second-order valence-corrected chi connectivity index (χ2v) is 5.46. The number of aryl methyl sites for hydroxylation is 1. The van der Waals surface area contributed by atoms with Crippen LogP contribution in [0.3, 0.4) is 0 Å². The molecule has 1 heterocycles. The van der Waals surface area contributed by atoms with Gasteiger partial charge in [-0.2, -0.15) is 0 Å². The Labute approximate surface area is 102 Å². The average Bonchev–Trinajstić information content (AvgIpc) is 2.27. The zero-order chi connectivity index (χ0) is 12.6. The highest BCUT2D eigenvalue weighted by atomic mass is 16.1. The molecule has 1 aromatic carbocycles. The average molecular weight is 227 g/mol. The SMILES string of the molecule is Cc1cc(C=O)nc2ccc(C(C)(C)C)cc12. The molecular formula is C15H17NO. The number of aromatic nitrogens is 1. The summed E-state index contributed by atoms with van der Waals surface area (Å²) in [5.41, 5.74) is 3.90. The summed E-state index contributed by atoms with van der Waals surface area (Å²) < 4.78 is 0. The van der Waals surface area contributed by atoms with Crippen molar-refractivity contribution in [3.63, 3.8) is 0 Å². The molecule has 0 radical (unpaired) electrons. The molecule has 0 aliphatic heterocycles. The van der Waals surface area contributed by atoms with Gasteiger partial charge in [0, 0.05) is 5.39 Å². The van der Waals surface area contributed by atoms with Gasteiger partial charge in [0.25, 0.3) is 0 Å². The van der Waals surface area contributed by atoms with Crippen molar-refractivity contribution in [3.8, 4) is 0 Å². The summed E-state index contributed by atoms with van der Waals surface area (Å²) in [6.07, 6.45) is 0.796. The first kappa shape index (κ1) is 11.8. The van der Waals surface area contributed by atoms with Gasteiger partial charge in [-0.05, 0) is 41.7 Å². The Morgan fingerprint density at radius 3 is 2.47 bits per heavy atom. The summed E-state index contributed by atoms with van der Waals surface area (Å²) in [5, 5.41) is 1.13. The van der Waals surface area contributed by atoms with Crippen LogP contribution in [0.5, 0.6) is 0 Å². The van der Waals surface area contributed by atoms with Gasteiger partial charge in [0.2, 0.25) is 0 Å². The van der Waals surface area contributed by atoms with E-state index in [2.05, 4.69) is 37.9 Å². The van der Waals surface area contributed by atoms with Crippen LogP contribution < -0.4 is 0 Å². The van der Waals surface area contributed by atoms with E-state index in [1.165, 1.54) is 5.56 Å². The maximum absolute atomic E-state index is 10.8. The van der Waals surface area contributed by atoms with Gasteiger partial charge >= 0.3 is 0 Å². The van der Waals surface area contributed by atoms with Crippen molar-refractivity contribution in [2.75, 3.05) is 0 Å². The molecule has 0 atom stereocenters. The Hall–Kier alpha value is -1.70. The van der Waals surface area contributed by atoms with Crippen LogP contribution in [0.4, 0.5) is 0 Å². The van der Waals surface area contributed by atoms with Crippen LogP contribution in [-0.4, -0.2) is 11.3 Å². The van der Waals surface area contributed by atoms with Crippen LogP contribution in [0.1, 0.15) is 42.4 Å². The van der Waals surface area contributed by atoms with Crippen molar-refractivity contribution in [2.45, 2.75) is 33.1 Å². The Morgan fingerprint density at radius 2 is 1.88 bits per heavy atom. The minimum Gasteiger partial charge on any atom is -0.296 e. The molecule has 2 nitrogen and oxygen atoms in total. The molecule has 2 heteroatoms. The molecule has 0 bridgehead atoms. The molecule has 2 rings (SSSR count). The molecular weight excluding hydrogens is 210 g/mol. The number of hydrogen-bond acceptors (Lipinski definition) is 2. The Balaban J connectivity index is 2.71. The third-order valence-corrected chi connectivity index (χ3v) is 3.02. The van der Waals surface area contributed by atoms with Gasteiger partial charge in [-0.3, -0.25) is 4.79 Å². The highest BCUT2D eigenvalue weighted by Gasteiger charge is 2.14. The molecule has 0 aliphatic rings. The second-order valence-electron chi connectivity index (χ2n) is 5.46. The molecule has 0 amide bonds. The number of rotatable bonds is 1. The summed E-state index contributed by atoms with van der Waals surface area (Å²) in [5.74, 6) is 0. The van der Waals surface area contributed by atoms with Gasteiger partial charge in [0.05, 0.1) is 5.52 Å². The smallest absolute Gasteiger partial charge is 0.168 e. The first-order valence-corrected chi connectivity index (χ1v) is 5.79. The lowest BCUT2D eigenvalue weighted by Gasteiger charge is -2.19. The summed E-state index contributed by atoms with van der Waals surface area (Å²) >= 11 is 0. The summed E-state index contributed by atoms with van der Waals surface area (Å²) in [4.78, 5) is 15.1. The van der Waals surface area contributed by atoms with Crippen molar-refractivity contribution in [1.82, 2.24) is 4.98 Å². The Morgan fingerprint density at radius 1 is 1.18 bits per heavy atom. The minimum absolute atomic E-state index is 0.129. The molecule has 17 heavy (non-hydrogen) atoms. The highest BCUT2D eigenvalue weighted by molar-refractivity contribution is 5.86. The molecule has 0 fully saturated rings. The fraction of sp³-hybridized carbons (Fsp3) is 0.333. The lowest BCUT2D eigenvalue weighted by molar-refractivity contribution is 0.111. The van der Waals surface area contributed by atoms with Crippen molar-refractivity contribution >= 4 is 17.2 Å². The number of hydrogen-bond donors (Lipinski definition) is 0. The second kappa shape index (κ2) is 3.95. The number of pyridine rings is 1. The van der Waals surface area contributed by atoms with E-state index in [0.717, 1.165) is 22.8 Å². The van der Waals surface area contributed by atoms with Gasteiger partial charge in [0.15, 0.2) is 6.29 Å². The standard InChI is InChI=1S/C15H17NO/c1-10-7-12(9-17)16-14-6-5-11(8-13(10)14)15(2,3)4/h5-9H,1-4H3. The normalized spacial score (nSPS) is 11.8. The molecule has 0 saturated heterocycles. The van der Waals surface area contributed by atoms with Crippen molar-refractivity contribution in [3.05, 3.63) is 41.1 Å². The highest BCUT2D eigenvalue weighted by Crippen LogP contribution is 2.27. The molecule has 0 spiro atoms. The van der Waals surface area contributed by atoms with Crippen LogP contribution in [0.25, 0.3) is 10.9 Å². The quantitative estimate of drug-likeness (QED) is 0.696. The third kappa shape index (κ3) is 2.21. The first-order chi connectivity index (χ1) is 7.91. The summed E-state index contributed by atoms with van der Waals surface area (Å²) in [6, 6.07) is 8.09. The lowest BCUT2D eigenvalue weighted by Crippen LogP contribution is -2.10. The van der Waals surface area contributed by atoms with Crippen LogP contribution >= 0.6 is 0 Å². The van der Waals surface area contributed by atoms with Crippen molar-refractivity contribution in [1.29, 1.82) is 0 Å². The molecule has 88 valence electrons. The van der Waals surface area contributed by atoms with Gasteiger partial charge in [-0.1, -0.05) is 26.8 Å². The number of carbonyl (C=O) groups is 1. The Kier molecular flexibility index (Phi) is 2.74. The van der Waals surface area contributed by atoms with E-state index >= 15 is 0 Å². The van der Waals surface area contributed by atoms with Crippen LogP contribution in [0.15, 0.2) is 24.3 Å². The maximum Gasteiger partial charge on any atom is 0.168 e. The molecule has 2 aromatic rings. The van der Waals surface area contributed by atoms with Crippen LogP contribution in [0, 0.1) is 6.92 Å². The monoisotopic (exact) mass is 227 g/mol. The topological polar surface area (TPSA) is 30.0 Å². The van der Waals surface area contributed by atoms with Gasteiger partial charge in [-0.25, -0.2) is 4.98 Å². The molecule has 1 aromatic heterocycles. The fourth-order valence-electron chi connectivity index (χ4n) is 1.95. The first-order valence-electron chi connectivity index (χ1n) is 5.79. The van der Waals surface area contributed by atoms with E-state index in [-0.39, 0.29) is 5.41 Å². The summed E-state index contributed by atoms with van der Waals surface area (Å²) in [6.45, 7) is 8.59. The third-order valence-electron chi connectivity index (χ3n) is 3.02. The minimum atomic E-state index is 0.129. The molecule has 0 N–H and O–H groups in total. The number of nitrogens with zero attached hydrogens (tertiary/aromatic N) is 1. The zero-order valence-electron chi connectivity index (χ0n) is 10.7. The number of carbonyl (C=O) groups excluding carboxylic acids is 1. The van der Waals surface area contributed by atoms with E-state index in [0.29, 0.717) is 5.69 Å².